The molecule has 2 rings (SSSR count). The molecule has 0 aliphatic carbocycles. The van der Waals surface area contributed by atoms with E-state index in [1.54, 1.807) is 6.07 Å². The van der Waals surface area contributed by atoms with Crippen LogP contribution in [0.1, 0.15) is 32.0 Å². The van der Waals surface area contributed by atoms with Crippen molar-refractivity contribution in [1.29, 1.82) is 0 Å². The summed E-state index contributed by atoms with van der Waals surface area (Å²) in [4.78, 5) is 4.21. The van der Waals surface area contributed by atoms with Gasteiger partial charge in [0.25, 0.3) is 0 Å². The van der Waals surface area contributed by atoms with Crippen molar-refractivity contribution in [3.05, 3.63) is 40.0 Å². The molecule has 2 aromatic rings. The molecular formula is C14H14ClF2N. The Labute approximate surface area is 110 Å². The van der Waals surface area contributed by atoms with Crippen LogP contribution < -0.4 is 0 Å². The van der Waals surface area contributed by atoms with Gasteiger partial charge in [0.15, 0.2) is 0 Å². The zero-order chi connectivity index (χ0) is 13.7. The minimum Gasteiger partial charge on any atom is -0.249 e. The van der Waals surface area contributed by atoms with Crippen molar-refractivity contribution in [2.45, 2.75) is 33.1 Å². The second-order valence-electron chi connectivity index (χ2n) is 5.45. The van der Waals surface area contributed by atoms with E-state index in [2.05, 4.69) is 4.98 Å². The van der Waals surface area contributed by atoms with Gasteiger partial charge in [-0.25, -0.2) is 13.8 Å². The van der Waals surface area contributed by atoms with E-state index in [4.69, 9.17) is 11.6 Å². The molecule has 1 aromatic carbocycles. The van der Waals surface area contributed by atoms with Crippen LogP contribution in [0.2, 0.25) is 5.02 Å². The first-order valence-electron chi connectivity index (χ1n) is 5.67. The van der Waals surface area contributed by atoms with Gasteiger partial charge in [0.05, 0.1) is 10.4 Å². The Balaban J connectivity index is 2.91. The highest BCUT2D eigenvalue weighted by atomic mass is 35.5. The average molecular weight is 270 g/mol. The summed E-state index contributed by atoms with van der Waals surface area (Å²) in [6.45, 7) is 7.34. The number of halogens is 3. The summed E-state index contributed by atoms with van der Waals surface area (Å²) in [5, 5.41) is 0.257. The Hall–Kier alpha value is -1.22. The third-order valence-corrected chi connectivity index (χ3v) is 3.17. The molecule has 1 nitrogen and oxygen atoms in total. The quantitative estimate of drug-likeness (QED) is 0.671. The molecule has 0 aliphatic rings. The molecule has 0 atom stereocenters. The fraction of sp³-hybridized carbons (Fsp3) is 0.357. The van der Waals surface area contributed by atoms with Crippen molar-refractivity contribution in [1.82, 2.24) is 4.98 Å². The van der Waals surface area contributed by atoms with Crippen LogP contribution in [-0.2, 0) is 5.41 Å². The van der Waals surface area contributed by atoms with Gasteiger partial charge in [0.1, 0.15) is 17.2 Å². The molecule has 96 valence electrons. The lowest BCUT2D eigenvalue weighted by Crippen LogP contribution is -2.14. The van der Waals surface area contributed by atoms with Crippen molar-refractivity contribution in [2.75, 3.05) is 0 Å². The first-order valence-corrected chi connectivity index (χ1v) is 6.05. The van der Waals surface area contributed by atoms with Gasteiger partial charge in [-0.05, 0) is 24.6 Å². The summed E-state index contributed by atoms with van der Waals surface area (Å²) in [5.41, 5.74) is 0.593. The minimum atomic E-state index is -0.545. The molecule has 0 bridgehead atoms. The van der Waals surface area contributed by atoms with Crippen LogP contribution >= 0.6 is 11.6 Å². The highest BCUT2D eigenvalue weighted by molar-refractivity contribution is 6.35. The van der Waals surface area contributed by atoms with Crippen LogP contribution in [0, 0.1) is 18.6 Å². The van der Waals surface area contributed by atoms with Crippen LogP contribution in [0.25, 0.3) is 10.9 Å². The highest BCUT2D eigenvalue weighted by Gasteiger charge is 2.21. The highest BCUT2D eigenvalue weighted by Crippen LogP contribution is 2.32. The molecule has 0 aliphatic heterocycles. The predicted octanol–water partition coefficient (Wildman–Crippen LogP) is 4.77. The van der Waals surface area contributed by atoms with E-state index in [1.807, 2.05) is 20.8 Å². The number of benzene rings is 1. The second-order valence-corrected chi connectivity index (χ2v) is 5.86. The maximum absolute atomic E-state index is 14.0. The van der Waals surface area contributed by atoms with Crippen molar-refractivity contribution >= 4 is 22.5 Å². The van der Waals surface area contributed by atoms with Gasteiger partial charge in [-0.15, -0.1) is 0 Å². The lowest BCUT2D eigenvalue weighted by molar-refractivity contribution is 0.566. The summed E-state index contributed by atoms with van der Waals surface area (Å²) >= 11 is 6.07. The van der Waals surface area contributed by atoms with E-state index >= 15 is 0 Å². The van der Waals surface area contributed by atoms with E-state index in [-0.39, 0.29) is 26.9 Å². The van der Waals surface area contributed by atoms with Crippen LogP contribution in [0.5, 0.6) is 0 Å². The second kappa shape index (κ2) is 4.16. The van der Waals surface area contributed by atoms with E-state index in [1.165, 1.54) is 6.92 Å². The smallest absolute Gasteiger partial charge is 0.149 e. The van der Waals surface area contributed by atoms with Crippen LogP contribution in [0.3, 0.4) is 0 Å². The van der Waals surface area contributed by atoms with E-state index in [0.717, 1.165) is 6.07 Å². The summed E-state index contributed by atoms with van der Waals surface area (Å²) in [7, 11) is 0. The van der Waals surface area contributed by atoms with Crippen LogP contribution in [0.4, 0.5) is 8.78 Å². The third kappa shape index (κ3) is 2.07. The maximum Gasteiger partial charge on any atom is 0.149 e. The van der Waals surface area contributed by atoms with Gasteiger partial charge in [0, 0.05) is 11.1 Å². The lowest BCUT2D eigenvalue weighted by Gasteiger charge is -2.19. The molecule has 0 amide bonds. The number of pyridine rings is 1. The number of aromatic nitrogens is 1. The van der Waals surface area contributed by atoms with E-state index in [9.17, 15) is 8.78 Å². The molecule has 0 N–H and O–H groups in total. The fourth-order valence-corrected chi connectivity index (χ4v) is 2.07. The third-order valence-electron chi connectivity index (χ3n) is 2.87. The summed E-state index contributed by atoms with van der Waals surface area (Å²) in [6.07, 6.45) is 0. The van der Waals surface area contributed by atoms with Gasteiger partial charge in [-0.1, -0.05) is 32.4 Å². The van der Waals surface area contributed by atoms with Crippen molar-refractivity contribution in [3.8, 4) is 0 Å². The standard InChI is InChI=1S/C14H14ClF2N/c1-7-5-9(16)13-11(12(7)17)8(15)6-10(18-13)14(2,3)4/h5-6H,1-4H3. The number of nitrogens with zero attached hydrogens (tertiary/aromatic N) is 1. The van der Waals surface area contributed by atoms with Gasteiger partial charge < -0.3 is 0 Å². The molecule has 1 aromatic heterocycles. The Morgan fingerprint density at radius 3 is 2.33 bits per heavy atom. The fourth-order valence-electron chi connectivity index (χ4n) is 1.80. The van der Waals surface area contributed by atoms with Gasteiger partial charge >= 0.3 is 0 Å². The van der Waals surface area contributed by atoms with Gasteiger partial charge in [-0.3, -0.25) is 0 Å². The monoisotopic (exact) mass is 269 g/mol. The normalized spacial score (nSPS) is 12.2. The Bertz CT molecular complexity index is 630. The number of fused-ring (bicyclic) bond motifs is 1. The molecule has 0 fully saturated rings. The Kier molecular flexibility index (Phi) is 3.06. The Morgan fingerprint density at radius 2 is 1.78 bits per heavy atom. The van der Waals surface area contributed by atoms with Crippen LogP contribution in [-0.4, -0.2) is 4.98 Å². The number of hydrogen-bond donors (Lipinski definition) is 0. The maximum atomic E-state index is 14.0. The SMILES string of the molecule is Cc1cc(F)c2nc(C(C)(C)C)cc(Cl)c2c1F. The summed E-state index contributed by atoms with van der Waals surface area (Å²) < 4.78 is 27.9. The zero-order valence-electron chi connectivity index (χ0n) is 10.7. The number of rotatable bonds is 0. The molecule has 0 spiro atoms. The Morgan fingerprint density at radius 1 is 1.17 bits per heavy atom. The predicted molar refractivity (Wildman–Crippen MR) is 70.1 cm³/mol. The molecule has 1 heterocycles. The number of hydrogen-bond acceptors (Lipinski definition) is 1. The zero-order valence-corrected chi connectivity index (χ0v) is 11.5. The molecule has 0 saturated heterocycles. The molecule has 0 radical (unpaired) electrons. The topological polar surface area (TPSA) is 12.9 Å². The molecule has 0 saturated carbocycles. The van der Waals surface area contributed by atoms with E-state index in [0.29, 0.717) is 5.69 Å². The molecular weight excluding hydrogens is 256 g/mol. The number of aryl methyl sites for hydroxylation is 1. The summed E-state index contributed by atoms with van der Waals surface area (Å²) in [6, 6.07) is 2.75. The molecule has 4 heteroatoms. The molecule has 0 unspecified atom stereocenters. The van der Waals surface area contributed by atoms with Crippen molar-refractivity contribution in [2.24, 2.45) is 0 Å². The largest absolute Gasteiger partial charge is 0.249 e. The lowest BCUT2D eigenvalue weighted by atomic mass is 9.91. The first kappa shape index (κ1) is 13.2. The van der Waals surface area contributed by atoms with E-state index < -0.39 is 11.6 Å². The van der Waals surface area contributed by atoms with Crippen molar-refractivity contribution in [3.63, 3.8) is 0 Å². The first-order chi connectivity index (χ1) is 8.21. The summed E-state index contributed by atoms with van der Waals surface area (Å²) in [5.74, 6) is -1.05. The van der Waals surface area contributed by atoms with Crippen LogP contribution in [0.15, 0.2) is 12.1 Å². The minimum absolute atomic E-state index is 0.00414. The van der Waals surface area contributed by atoms with Crippen molar-refractivity contribution < 1.29 is 8.78 Å². The average Bonchev–Trinajstić information content (AvgIpc) is 2.24. The van der Waals surface area contributed by atoms with Gasteiger partial charge in [-0.2, -0.15) is 0 Å². The molecule has 18 heavy (non-hydrogen) atoms. The van der Waals surface area contributed by atoms with Gasteiger partial charge in [0.2, 0.25) is 0 Å².